The van der Waals surface area contributed by atoms with Crippen LogP contribution in [0.5, 0.6) is 5.75 Å². The summed E-state index contributed by atoms with van der Waals surface area (Å²) in [5, 5.41) is 15.5. The SMILES string of the molecule is COc1ccc(-c2cc(-c3nnc(SCC(N)=O)n3N)[nH]n2)cc1. The molecule has 2 aromatic heterocycles. The number of H-pyrrole nitrogens is 1. The van der Waals surface area contributed by atoms with E-state index in [0.29, 0.717) is 16.7 Å². The number of aromatic nitrogens is 5. The summed E-state index contributed by atoms with van der Waals surface area (Å²) in [6.07, 6.45) is 0. The Hall–Kier alpha value is -3.01. The highest BCUT2D eigenvalue weighted by Crippen LogP contribution is 2.25. The van der Waals surface area contributed by atoms with Crippen LogP contribution in [0.2, 0.25) is 0 Å². The van der Waals surface area contributed by atoms with E-state index >= 15 is 0 Å². The van der Waals surface area contributed by atoms with E-state index in [1.807, 2.05) is 30.3 Å². The third-order valence-electron chi connectivity index (χ3n) is 3.21. The lowest BCUT2D eigenvalue weighted by molar-refractivity contribution is -0.115. The fourth-order valence-corrected chi connectivity index (χ4v) is 2.64. The molecule has 0 atom stereocenters. The van der Waals surface area contributed by atoms with Crippen LogP contribution in [-0.4, -0.2) is 43.8 Å². The Balaban J connectivity index is 1.83. The van der Waals surface area contributed by atoms with E-state index in [0.717, 1.165) is 28.8 Å². The number of aromatic amines is 1. The first kappa shape index (κ1) is 15.9. The molecule has 3 aromatic rings. The molecule has 0 radical (unpaired) electrons. The third kappa shape index (κ3) is 3.18. The van der Waals surface area contributed by atoms with E-state index in [-0.39, 0.29) is 5.75 Å². The van der Waals surface area contributed by atoms with Crippen molar-refractivity contribution in [3.63, 3.8) is 0 Å². The van der Waals surface area contributed by atoms with Gasteiger partial charge in [0.1, 0.15) is 11.4 Å². The minimum Gasteiger partial charge on any atom is -0.497 e. The Morgan fingerprint density at radius 3 is 2.75 bits per heavy atom. The second-order valence-electron chi connectivity index (χ2n) is 4.83. The number of hydrogen-bond donors (Lipinski definition) is 3. The molecular formula is C14H15N7O2S. The normalized spacial score (nSPS) is 10.7. The molecule has 0 saturated carbocycles. The van der Waals surface area contributed by atoms with Gasteiger partial charge < -0.3 is 16.3 Å². The van der Waals surface area contributed by atoms with Gasteiger partial charge in [-0.15, -0.1) is 10.2 Å². The van der Waals surface area contributed by atoms with Gasteiger partial charge in [-0.25, -0.2) is 4.68 Å². The van der Waals surface area contributed by atoms with Crippen molar-refractivity contribution >= 4 is 17.7 Å². The number of nitrogens with two attached hydrogens (primary N) is 2. The van der Waals surface area contributed by atoms with Gasteiger partial charge in [-0.05, 0) is 30.3 Å². The highest BCUT2D eigenvalue weighted by molar-refractivity contribution is 7.99. The summed E-state index contributed by atoms with van der Waals surface area (Å²) in [6.45, 7) is 0. The Labute approximate surface area is 141 Å². The summed E-state index contributed by atoms with van der Waals surface area (Å²) < 4.78 is 6.43. The lowest BCUT2D eigenvalue weighted by Crippen LogP contribution is -2.16. The minimum atomic E-state index is -0.451. The molecule has 0 fully saturated rings. The maximum absolute atomic E-state index is 10.8. The lowest BCUT2D eigenvalue weighted by atomic mass is 10.1. The third-order valence-corrected chi connectivity index (χ3v) is 4.18. The Kier molecular flexibility index (Phi) is 4.38. The highest BCUT2D eigenvalue weighted by atomic mass is 32.2. The minimum absolute atomic E-state index is 0.0788. The second-order valence-corrected chi connectivity index (χ2v) is 5.77. The molecule has 0 saturated heterocycles. The maximum atomic E-state index is 10.8. The van der Waals surface area contributed by atoms with E-state index in [1.54, 1.807) is 7.11 Å². The molecule has 24 heavy (non-hydrogen) atoms. The smallest absolute Gasteiger partial charge is 0.227 e. The van der Waals surface area contributed by atoms with Crippen LogP contribution in [0.1, 0.15) is 0 Å². The van der Waals surface area contributed by atoms with Crippen molar-refractivity contribution in [1.29, 1.82) is 0 Å². The topological polar surface area (TPSA) is 138 Å². The van der Waals surface area contributed by atoms with Crippen molar-refractivity contribution in [2.24, 2.45) is 5.73 Å². The van der Waals surface area contributed by atoms with Gasteiger partial charge in [-0.1, -0.05) is 11.8 Å². The molecule has 10 heteroatoms. The molecule has 0 unspecified atom stereocenters. The Bertz CT molecular complexity index is 856. The number of carbonyl (C=O) groups is 1. The second kappa shape index (κ2) is 6.62. The van der Waals surface area contributed by atoms with Gasteiger partial charge in [-0.2, -0.15) is 5.10 Å². The summed E-state index contributed by atoms with van der Waals surface area (Å²) in [4.78, 5) is 10.8. The van der Waals surface area contributed by atoms with E-state index in [4.69, 9.17) is 16.3 Å². The molecule has 3 rings (SSSR count). The predicted molar refractivity (Wildman–Crippen MR) is 89.7 cm³/mol. The summed E-state index contributed by atoms with van der Waals surface area (Å²) in [5.74, 6) is 6.77. The van der Waals surface area contributed by atoms with E-state index in [2.05, 4.69) is 20.4 Å². The van der Waals surface area contributed by atoms with Gasteiger partial charge in [0.05, 0.1) is 18.6 Å². The monoisotopic (exact) mass is 345 g/mol. The zero-order valence-corrected chi connectivity index (χ0v) is 13.6. The van der Waals surface area contributed by atoms with Crippen molar-refractivity contribution in [3.05, 3.63) is 30.3 Å². The Morgan fingerprint density at radius 2 is 2.08 bits per heavy atom. The quantitative estimate of drug-likeness (QED) is 0.440. The lowest BCUT2D eigenvalue weighted by Gasteiger charge is -2.00. The van der Waals surface area contributed by atoms with E-state index < -0.39 is 5.91 Å². The molecule has 1 amide bonds. The van der Waals surface area contributed by atoms with Crippen molar-refractivity contribution in [3.8, 4) is 28.5 Å². The van der Waals surface area contributed by atoms with Crippen molar-refractivity contribution in [1.82, 2.24) is 25.1 Å². The number of primary amides is 1. The fourth-order valence-electron chi connectivity index (χ4n) is 2.04. The van der Waals surface area contributed by atoms with Crippen LogP contribution < -0.4 is 16.3 Å². The van der Waals surface area contributed by atoms with Crippen LogP contribution in [0.3, 0.4) is 0 Å². The molecule has 0 spiro atoms. The van der Waals surface area contributed by atoms with Gasteiger partial charge >= 0.3 is 0 Å². The molecule has 2 heterocycles. The van der Waals surface area contributed by atoms with Gasteiger partial charge in [0.15, 0.2) is 0 Å². The van der Waals surface area contributed by atoms with Gasteiger partial charge in [0.2, 0.25) is 16.9 Å². The van der Waals surface area contributed by atoms with Gasteiger partial charge in [0, 0.05) is 5.56 Å². The zero-order chi connectivity index (χ0) is 17.1. The number of nitrogens with one attached hydrogen (secondary N) is 1. The molecule has 0 aliphatic heterocycles. The average Bonchev–Trinajstić information content (AvgIpc) is 3.20. The number of thioether (sulfide) groups is 1. The zero-order valence-electron chi connectivity index (χ0n) is 12.8. The summed E-state index contributed by atoms with van der Waals surface area (Å²) in [7, 11) is 1.61. The molecule has 9 nitrogen and oxygen atoms in total. The van der Waals surface area contributed by atoms with E-state index in [9.17, 15) is 4.79 Å². The molecule has 1 aromatic carbocycles. The standard InChI is InChI=1S/C14H15N7O2S/c1-23-9-4-2-8(3-5-9)10-6-11(18-17-10)13-19-20-14(21(13)16)24-7-12(15)22/h2-6H,7,16H2,1H3,(H2,15,22)(H,17,18). The van der Waals surface area contributed by atoms with Gasteiger partial charge in [-0.3, -0.25) is 9.89 Å². The van der Waals surface area contributed by atoms with E-state index in [1.165, 1.54) is 4.68 Å². The molecule has 0 aliphatic rings. The summed E-state index contributed by atoms with van der Waals surface area (Å²) in [5.41, 5.74) is 7.39. The fraction of sp³-hybridized carbons (Fsp3) is 0.143. The first-order valence-corrected chi connectivity index (χ1v) is 7.89. The predicted octanol–water partition coefficient (Wildman–Crippen LogP) is 0.635. The highest BCUT2D eigenvalue weighted by Gasteiger charge is 2.15. The molecule has 0 aliphatic carbocycles. The molecular weight excluding hydrogens is 330 g/mol. The van der Waals surface area contributed by atoms with Crippen LogP contribution >= 0.6 is 11.8 Å². The largest absolute Gasteiger partial charge is 0.497 e. The summed E-state index contributed by atoms with van der Waals surface area (Å²) in [6, 6.07) is 9.33. The number of methoxy groups -OCH3 is 1. The van der Waals surface area contributed by atoms with Crippen LogP contribution in [0.4, 0.5) is 0 Å². The van der Waals surface area contributed by atoms with Crippen LogP contribution in [0, 0.1) is 0 Å². The molecule has 5 N–H and O–H groups in total. The molecule has 0 bridgehead atoms. The maximum Gasteiger partial charge on any atom is 0.227 e. The van der Waals surface area contributed by atoms with Crippen LogP contribution in [0.15, 0.2) is 35.5 Å². The number of ether oxygens (including phenoxy) is 1. The number of hydrogen-bond acceptors (Lipinski definition) is 7. The molecule has 124 valence electrons. The number of carbonyl (C=O) groups excluding carboxylic acids is 1. The van der Waals surface area contributed by atoms with Crippen molar-refractivity contribution in [2.45, 2.75) is 5.16 Å². The summed E-state index contributed by atoms with van der Waals surface area (Å²) >= 11 is 1.12. The number of rotatable bonds is 6. The first-order chi connectivity index (χ1) is 11.6. The number of nitrogens with zero attached hydrogens (tertiary/aromatic N) is 4. The number of nitrogen functional groups attached to an aromatic ring is 1. The number of amides is 1. The van der Waals surface area contributed by atoms with Crippen LogP contribution in [-0.2, 0) is 4.79 Å². The van der Waals surface area contributed by atoms with Gasteiger partial charge in [0.25, 0.3) is 0 Å². The van der Waals surface area contributed by atoms with Crippen LogP contribution in [0.25, 0.3) is 22.8 Å². The van der Waals surface area contributed by atoms with Crippen molar-refractivity contribution in [2.75, 3.05) is 18.7 Å². The Morgan fingerprint density at radius 1 is 1.33 bits per heavy atom. The first-order valence-electron chi connectivity index (χ1n) is 6.90. The average molecular weight is 345 g/mol. The van der Waals surface area contributed by atoms with Crippen molar-refractivity contribution < 1.29 is 9.53 Å². The number of benzene rings is 1.